The molecule has 5 rings (SSSR count). The molecule has 0 radical (unpaired) electrons. The molecule has 2 amide bonds. The first-order valence-electron chi connectivity index (χ1n) is 9.99. The van der Waals surface area contributed by atoms with E-state index in [1.54, 1.807) is 6.92 Å². The molecule has 166 valence electrons. The van der Waals surface area contributed by atoms with Gasteiger partial charge < -0.3 is 19.9 Å². The summed E-state index contributed by atoms with van der Waals surface area (Å²) in [6, 6.07) is 5.40. The first-order valence-corrected chi connectivity index (χ1v) is 10.4. The van der Waals surface area contributed by atoms with E-state index in [1.165, 1.54) is 18.2 Å². The van der Waals surface area contributed by atoms with Gasteiger partial charge in [-0.3, -0.25) is 9.59 Å². The fourth-order valence-corrected chi connectivity index (χ4v) is 4.53. The summed E-state index contributed by atoms with van der Waals surface area (Å²) < 4.78 is 38.9. The number of aromatic nitrogens is 1. The van der Waals surface area contributed by atoms with E-state index in [1.807, 2.05) is 0 Å². The fourth-order valence-electron chi connectivity index (χ4n) is 4.42. The highest BCUT2D eigenvalue weighted by atomic mass is 35.5. The maximum atomic E-state index is 15.1. The van der Waals surface area contributed by atoms with Crippen molar-refractivity contribution < 1.29 is 27.6 Å². The summed E-state index contributed by atoms with van der Waals surface area (Å²) in [7, 11) is 0. The molecule has 3 saturated carbocycles. The Morgan fingerprint density at radius 1 is 1.26 bits per heavy atom. The van der Waals surface area contributed by atoms with E-state index in [9.17, 15) is 14.0 Å². The number of amides is 2. The number of carbonyl (C=O) groups is 2. The Morgan fingerprint density at radius 2 is 2.00 bits per heavy atom. The predicted molar refractivity (Wildman–Crippen MR) is 107 cm³/mol. The predicted octanol–water partition coefficient (Wildman–Crippen LogP) is 3.49. The van der Waals surface area contributed by atoms with E-state index in [4.69, 9.17) is 20.9 Å². The molecule has 2 aromatic rings. The molecule has 1 aromatic carbocycles. The normalized spacial score (nSPS) is 27.0. The van der Waals surface area contributed by atoms with E-state index >= 15 is 4.39 Å². The molecule has 2 bridgehead atoms. The molecule has 10 heteroatoms. The van der Waals surface area contributed by atoms with Crippen molar-refractivity contribution in [3.05, 3.63) is 46.6 Å². The van der Waals surface area contributed by atoms with E-state index in [0.717, 1.165) is 6.07 Å². The second-order valence-corrected chi connectivity index (χ2v) is 8.71. The molecule has 0 aliphatic heterocycles. The van der Waals surface area contributed by atoms with Crippen LogP contribution in [0.1, 0.15) is 48.4 Å². The summed E-state index contributed by atoms with van der Waals surface area (Å²) in [5, 5.41) is 9.33. The van der Waals surface area contributed by atoms with Crippen LogP contribution in [-0.4, -0.2) is 40.8 Å². The molecule has 1 aromatic heterocycles. The van der Waals surface area contributed by atoms with Crippen LogP contribution in [0, 0.1) is 12.7 Å². The SMILES string of the molecule is Cc1cc(C(=O)NC23CCC(NC(=O)COc4ccc(Cl)c(F)c4)(CC2)CC3F)on1. The van der Waals surface area contributed by atoms with E-state index in [-0.39, 0.29) is 29.6 Å². The van der Waals surface area contributed by atoms with Crippen LogP contribution in [0.25, 0.3) is 0 Å². The topological polar surface area (TPSA) is 93.5 Å². The lowest BCUT2D eigenvalue weighted by Crippen LogP contribution is -2.69. The van der Waals surface area contributed by atoms with Crippen LogP contribution < -0.4 is 15.4 Å². The minimum Gasteiger partial charge on any atom is -0.484 e. The van der Waals surface area contributed by atoms with Gasteiger partial charge in [-0.25, -0.2) is 8.78 Å². The largest absolute Gasteiger partial charge is 0.484 e. The summed E-state index contributed by atoms with van der Waals surface area (Å²) >= 11 is 5.63. The number of alkyl halides is 1. The molecule has 3 fully saturated rings. The van der Waals surface area contributed by atoms with Crippen molar-refractivity contribution in [2.75, 3.05) is 6.61 Å². The zero-order chi connectivity index (χ0) is 22.2. The lowest BCUT2D eigenvalue weighted by Gasteiger charge is -2.55. The Labute approximate surface area is 182 Å². The van der Waals surface area contributed by atoms with Crippen LogP contribution >= 0.6 is 11.6 Å². The minimum atomic E-state index is -1.32. The van der Waals surface area contributed by atoms with Crippen LogP contribution in [0.5, 0.6) is 5.75 Å². The molecule has 31 heavy (non-hydrogen) atoms. The molecule has 0 spiro atoms. The lowest BCUT2D eigenvalue weighted by atomic mass is 9.60. The van der Waals surface area contributed by atoms with Gasteiger partial charge in [-0.2, -0.15) is 0 Å². The number of aryl methyl sites for hydroxylation is 1. The Kier molecular flexibility index (Phi) is 5.63. The lowest BCUT2D eigenvalue weighted by molar-refractivity contribution is -0.128. The number of rotatable bonds is 6. The maximum Gasteiger partial charge on any atom is 0.290 e. The number of nitrogens with zero attached hydrogens (tertiary/aromatic N) is 1. The van der Waals surface area contributed by atoms with Gasteiger partial charge in [-0.1, -0.05) is 16.8 Å². The molecule has 7 nitrogen and oxygen atoms in total. The van der Waals surface area contributed by atoms with Gasteiger partial charge in [0.1, 0.15) is 17.7 Å². The van der Waals surface area contributed by atoms with Crippen molar-refractivity contribution >= 4 is 23.4 Å². The van der Waals surface area contributed by atoms with Gasteiger partial charge in [-0.05, 0) is 44.7 Å². The van der Waals surface area contributed by atoms with Gasteiger partial charge >= 0.3 is 0 Å². The molecule has 2 N–H and O–H groups in total. The fraction of sp³-hybridized carbons (Fsp3) is 0.476. The van der Waals surface area contributed by atoms with Crippen LogP contribution in [0.3, 0.4) is 0 Å². The van der Waals surface area contributed by atoms with E-state index in [2.05, 4.69) is 15.8 Å². The van der Waals surface area contributed by atoms with Gasteiger partial charge in [0.2, 0.25) is 5.76 Å². The number of hydrogen-bond acceptors (Lipinski definition) is 5. The first-order chi connectivity index (χ1) is 14.7. The zero-order valence-corrected chi connectivity index (χ0v) is 17.6. The Hall–Kier alpha value is -2.68. The van der Waals surface area contributed by atoms with Gasteiger partial charge in [0.15, 0.2) is 6.61 Å². The molecule has 3 aliphatic carbocycles. The number of benzene rings is 1. The van der Waals surface area contributed by atoms with Gasteiger partial charge in [0.25, 0.3) is 11.8 Å². The molecular weight excluding hydrogens is 432 g/mol. The van der Waals surface area contributed by atoms with Gasteiger partial charge in [0, 0.05) is 24.1 Å². The second-order valence-electron chi connectivity index (χ2n) is 8.31. The summed E-state index contributed by atoms with van der Waals surface area (Å²) in [6.07, 6.45) is 0.570. The van der Waals surface area contributed by atoms with Crippen molar-refractivity contribution in [1.29, 1.82) is 0 Å². The third-order valence-electron chi connectivity index (χ3n) is 6.15. The monoisotopic (exact) mass is 453 g/mol. The highest BCUT2D eigenvalue weighted by Crippen LogP contribution is 2.48. The standard InChI is InChI=1S/C21H22ClF2N3O4/c1-12-8-16(31-27-12)19(29)26-21-6-4-20(5-7-21,10-17(21)24)25-18(28)11-30-13-2-3-14(22)15(23)9-13/h2-3,8-9,17H,4-7,10-11H2,1H3,(H,25,28)(H,26,29). The first kappa shape index (κ1) is 21.5. The van der Waals surface area contributed by atoms with E-state index in [0.29, 0.717) is 31.4 Å². The van der Waals surface area contributed by atoms with Crippen LogP contribution in [-0.2, 0) is 4.79 Å². The smallest absolute Gasteiger partial charge is 0.290 e. The third kappa shape index (κ3) is 4.37. The average molecular weight is 454 g/mol. The number of ether oxygens (including phenoxy) is 1. The molecule has 1 atom stereocenters. The van der Waals surface area contributed by atoms with Gasteiger partial charge in [-0.15, -0.1) is 0 Å². The zero-order valence-electron chi connectivity index (χ0n) is 16.8. The second kappa shape index (κ2) is 8.11. The number of carbonyl (C=O) groups excluding carboxylic acids is 2. The highest BCUT2D eigenvalue weighted by Gasteiger charge is 2.56. The maximum absolute atomic E-state index is 15.1. The number of fused-ring (bicyclic) bond motifs is 3. The number of hydrogen-bond donors (Lipinski definition) is 2. The van der Waals surface area contributed by atoms with Crippen LogP contribution in [0.15, 0.2) is 28.8 Å². The van der Waals surface area contributed by atoms with Crippen LogP contribution in [0.4, 0.5) is 8.78 Å². The molecular formula is C21H22ClF2N3O4. The van der Waals surface area contributed by atoms with Crippen LogP contribution in [0.2, 0.25) is 5.02 Å². The Balaban J connectivity index is 1.34. The summed E-state index contributed by atoms with van der Waals surface area (Å²) in [5.41, 5.74) is -1.11. The van der Waals surface area contributed by atoms with Crippen molar-refractivity contribution in [3.8, 4) is 5.75 Å². The quantitative estimate of drug-likeness (QED) is 0.698. The van der Waals surface area contributed by atoms with Crippen molar-refractivity contribution in [2.24, 2.45) is 0 Å². The highest BCUT2D eigenvalue weighted by molar-refractivity contribution is 6.30. The van der Waals surface area contributed by atoms with Crippen molar-refractivity contribution in [1.82, 2.24) is 15.8 Å². The molecule has 1 heterocycles. The van der Waals surface area contributed by atoms with E-state index < -0.39 is 34.9 Å². The third-order valence-corrected chi connectivity index (χ3v) is 6.46. The Bertz CT molecular complexity index is 1000. The molecule has 0 saturated heterocycles. The number of nitrogens with one attached hydrogen (secondary N) is 2. The summed E-state index contributed by atoms with van der Waals surface area (Å²) in [4.78, 5) is 24.8. The van der Waals surface area contributed by atoms with Crippen molar-refractivity contribution in [2.45, 2.75) is 56.3 Å². The minimum absolute atomic E-state index is 0.0388. The van der Waals surface area contributed by atoms with Gasteiger partial charge in [0.05, 0.1) is 16.3 Å². The average Bonchev–Trinajstić information content (AvgIpc) is 3.17. The summed E-state index contributed by atoms with van der Waals surface area (Å²) in [5.74, 6) is -1.33. The molecule has 3 aliphatic rings. The molecule has 1 unspecified atom stereocenters. The number of halogens is 3. The Morgan fingerprint density at radius 3 is 2.61 bits per heavy atom. The van der Waals surface area contributed by atoms with Crippen molar-refractivity contribution in [3.63, 3.8) is 0 Å². The summed E-state index contributed by atoms with van der Waals surface area (Å²) in [6.45, 7) is 1.37.